The summed E-state index contributed by atoms with van der Waals surface area (Å²) in [6, 6.07) is 9.41. The Bertz CT molecular complexity index is 443. The van der Waals surface area contributed by atoms with Crippen LogP contribution >= 0.6 is 0 Å². The lowest BCUT2D eigenvalue weighted by Gasteiger charge is -2.22. The zero-order chi connectivity index (χ0) is 13.6. The topological polar surface area (TPSA) is 55.4 Å². The van der Waals surface area contributed by atoms with Crippen LogP contribution in [0.4, 0.5) is 0 Å². The predicted molar refractivity (Wildman–Crippen MR) is 72.8 cm³/mol. The standard InChI is InChI=1S/C13H21NO3S/c1-11(2)13(12-7-5-4-6-8-12)14-18(15,16)10-9-17-3/h4-8,11,13-14H,9-10H2,1-3H3/t13-/m1/s1. The van der Waals surface area contributed by atoms with Gasteiger partial charge in [-0.2, -0.15) is 0 Å². The molecule has 0 aliphatic rings. The van der Waals surface area contributed by atoms with Gasteiger partial charge in [0.15, 0.2) is 0 Å². The molecule has 0 fully saturated rings. The highest BCUT2D eigenvalue weighted by molar-refractivity contribution is 7.89. The van der Waals surface area contributed by atoms with Gasteiger partial charge in [0.2, 0.25) is 10.0 Å². The summed E-state index contributed by atoms with van der Waals surface area (Å²) < 4.78 is 31.3. The molecule has 1 aromatic rings. The smallest absolute Gasteiger partial charge is 0.214 e. The van der Waals surface area contributed by atoms with E-state index in [1.807, 2.05) is 44.2 Å². The number of ether oxygens (including phenoxy) is 1. The molecular weight excluding hydrogens is 250 g/mol. The van der Waals surface area contributed by atoms with Crippen molar-refractivity contribution >= 4 is 10.0 Å². The van der Waals surface area contributed by atoms with Crippen molar-refractivity contribution < 1.29 is 13.2 Å². The van der Waals surface area contributed by atoms with Crippen molar-refractivity contribution in [3.05, 3.63) is 35.9 Å². The van der Waals surface area contributed by atoms with E-state index in [0.29, 0.717) is 0 Å². The molecule has 4 nitrogen and oxygen atoms in total. The fourth-order valence-corrected chi connectivity index (χ4v) is 2.99. The average Bonchev–Trinajstić information content (AvgIpc) is 2.34. The van der Waals surface area contributed by atoms with Crippen molar-refractivity contribution in [1.82, 2.24) is 4.72 Å². The Morgan fingerprint density at radius 1 is 1.22 bits per heavy atom. The first-order chi connectivity index (χ1) is 8.46. The first-order valence-corrected chi connectivity index (χ1v) is 7.65. The third-order valence-corrected chi connectivity index (χ3v) is 4.01. The monoisotopic (exact) mass is 271 g/mol. The van der Waals surface area contributed by atoms with Gasteiger partial charge in [-0.1, -0.05) is 44.2 Å². The summed E-state index contributed by atoms with van der Waals surface area (Å²) in [5.74, 6) is 0.171. The minimum Gasteiger partial charge on any atom is -0.384 e. The second-order valence-corrected chi connectivity index (χ2v) is 6.44. The summed E-state index contributed by atoms with van der Waals surface area (Å²) in [5.41, 5.74) is 0.980. The molecule has 0 amide bonds. The number of methoxy groups -OCH3 is 1. The first-order valence-electron chi connectivity index (χ1n) is 6.00. The summed E-state index contributed by atoms with van der Waals surface area (Å²) in [7, 11) is -1.82. The van der Waals surface area contributed by atoms with Crippen LogP contribution in [-0.4, -0.2) is 27.9 Å². The average molecular weight is 271 g/mol. The third kappa shape index (κ3) is 4.76. The molecule has 18 heavy (non-hydrogen) atoms. The Balaban J connectivity index is 2.82. The Morgan fingerprint density at radius 2 is 1.83 bits per heavy atom. The van der Waals surface area contributed by atoms with Gasteiger partial charge in [0.05, 0.1) is 12.4 Å². The van der Waals surface area contributed by atoms with Crippen LogP contribution in [0.25, 0.3) is 0 Å². The van der Waals surface area contributed by atoms with Gasteiger partial charge in [-0.25, -0.2) is 13.1 Å². The number of rotatable bonds is 7. The number of hydrogen-bond acceptors (Lipinski definition) is 3. The van der Waals surface area contributed by atoms with Crippen molar-refractivity contribution in [2.75, 3.05) is 19.5 Å². The summed E-state index contributed by atoms with van der Waals surface area (Å²) in [5, 5.41) is 0. The minimum atomic E-state index is -3.31. The highest BCUT2D eigenvalue weighted by Gasteiger charge is 2.21. The molecule has 5 heteroatoms. The van der Waals surface area contributed by atoms with Gasteiger partial charge in [0, 0.05) is 13.2 Å². The van der Waals surface area contributed by atoms with E-state index in [9.17, 15) is 8.42 Å². The Kier molecular flexibility index (Phi) is 5.78. The third-order valence-electron chi connectivity index (χ3n) is 2.69. The molecule has 0 unspecified atom stereocenters. The number of sulfonamides is 1. The second kappa shape index (κ2) is 6.87. The van der Waals surface area contributed by atoms with Gasteiger partial charge < -0.3 is 4.74 Å². The van der Waals surface area contributed by atoms with Crippen LogP contribution < -0.4 is 4.72 Å². The highest BCUT2D eigenvalue weighted by Crippen LogP contribution is 2.22. The maximum absolute atomic E-state index is 11.9. The first kappa shape index (κ1) is 15.1. The van der Waals surface area contributed by atoms with E-state index in [2.05, 4.69) is 4.72 Å². The summed E-state index contributed by atoms with van der Waals surface area (Å²) in [6.07, 6.45) is 0. The van der Waals surface area contributed by atoms with Gasteiger partial charge in [0.1, 0.15) is 0 Å². The zero-order valence-electron chi connectivity index (χ0n) is 11.1. The maximum Gasteiger partial charge on any atom is 0.214 e. The highest BCUT2D eigenvalue weighted by atomic mass is 32.2. The molecule has 1 rings (SSSR count). The second-order valence-electron chi connectivity index (χ2n) is 4.56. The van der Waals surface area contributed by atoms with Crippen LogP contribution in [0.5, 0.6) is 0 Å². The molecule has 0 saturated carbocycles. The fraction of sp³-hybridized carbons (Fsp3) is 0.538. The summed E-state index contributed by atoms with van der Waals surface area (Å²) >= 11 is 0. The van der Waals surface area contributed by atoms with E-state index in [-0.39, 0.29) is 24.3 Å². The fourth-order valence-electron chi connectivity index (χ4n) is 1.69. The van der Waals surface area contributed by atoms with E-state index in [0.717, 1.165) is 5.56 Å². The van der Waals surface area contributed by atoms with Gasteiger partial charge >= 0.3 is 0 Å². The SMILES string of the molecule is COCCS(=O)(=O)N[C@@H](c1ccccc1)C(C)C. The van der Waals surface area contributed by atoms with Crippen LogP contribution in [0, 0.1) is 5.92 Å². The van der Waals surface area contributed by atoms with Crippen molar-refractivity contribution in [1.29, 1.82) is 0 Å². The molecular formula is C13H21NO3S. The van der Waals surface area contributed by atoms with Gasteiger partial charge in [-0.3, -0.25) is 0 Å². The van der Waals surface area contributed by atoms with Gasteiger partial charge in [0.25, 0.3) is 0 Å². The lowest BCUT2D eigenvalue weighted by atomic mass is 9.97. The molecule has 0 aliphatic carbocycles. The van der Waals surface area contributed by atoms with Crippen molar-refractivity contribution in [2.24, 2.45) is 5.92 Å². The summed E-state index contributed by atoms with van der Waals surface area (Å²) in [6.45, 7) is 4.20. The molecule has 0 saturated heterocycles. The molecule has 0 aliphatic heterocycles. The van der Waals surface area contributed by atoms with Crippen LogP contribution in [-0.2, 0) is 14.8 Å². The molecule has 1 atom stereocenters. The van der Waals surface area contributed by atoms with E-state index >= 15 is 0 Å². The quantitative estimate of drug-likeness (QED) is 0.824. The lowest BCUT2D eigenvalue weighted by molar-refractivity contribution is 0.216. The van der Waals surface area contributed by atoms with Crippen molar-refractivity contribution in [3.8, 4) is 0 Å². The zero-order valence-corrected chi connectivity index (χ0v) is 11.9. The van der Waals surface area contributed by atoms with E-state index in [1.54, 1.807) is 0 Å². The number of hydrogen-bond donors (Lipinski definition) is 1. The molecule has 0 heterocycles. The van der Waals surface area contributed by atoms with Crippen LogP contribution in [0.15, 0.2) is 30.3 Å². The van der Waals surface area contributed by atoms with E-state index in [1.165, 1.54) is 7.11 Å². The van der Waals surface area contributed by atoms with E-state index < -0.39 is 10.0 Å². The van der Waals surface area contributed by atoms with Crippen LogP contribution in [0.3, 0.4) is 0 Å². The molecule has 0 aromatic heterocycles. The Morgan fingerprint density at radius 3 is 2.33 bits per heavy atom. The molecule has 102 valence electrons. The van der Waals surface area contributed by atoms with Crippen molar-refractivity contribution in [2.45, 2.75) is 19.9 Å². The van der Waals surface area contributed by atoms with Gasteiger partial charge in [-0.05, 0) is 11.5 Å². The maximum atomic E-state index is 11.9. The van der Waals surface area contributed by atoms with Gasteiger partial charge in [-0.15, -0.1) is 0 Å². The largest absolute Gasteiger partial charge is 0.384 e. The molecule has 0 spiro atoms. The minimum absolute atomic E-state index is 0.0143. The van der Waals surface area contributed by atoms with Crippen molar-refractivity contribution in [3.63, 3.8) is 0 Å². The van der Waals surface area contributed by atoms with Crippen LogP contribution in [0.1, 0.15) is 25.5 Å². The Labute approximate surface area is 109 Å². The Hall–Kier alpha value is -0.910. The molecule has 0 radical (unpaired) electrons. The molecule has 1 aromatic carbocycles. The molecule has 1 N–H and O–H groups in total. The lowest BCUT2D eigenvalue weighted by Crippen LogP contribution is -2.34. The van der Waals surface area contributed by atoms with Crippen LogP contribution in [0.2, 0.25) is 0 Å². The van der Waals surface area contributed by atoms with E-state index in [4.69, 9.17) is 4.74 Å². The summed E-state index contributed by atoms with van der Waals surface area (Å²) in [4.78, 5) is 0. The number of nitrogens with one attached hydrogen (secondary N) is 1. The predicted octanol–water partition coefficient (Wildman–Crippen LogP) is 1.95. The molecule has 0 bridgehead atoms. The normalized spacial score (nSPS) is 13.8. The number of benzene rings is 1.